The minimum Gasteiger partial charge on any atom is -0.480 e. The molecule has 1 saturated carbocycles. The molecule has 0 bridgehead atoms. The number of halogens is 2. The fraction of sp³-hybridized carbons (Fsp3) is 0.565. The number of hydrogen-bond donors (Lipinski definition) is 6. The van der Waals surface area contributed by atoms with Crippen molar-refractivity contribution in [3.05, 3.63) is 29.6 Å². The Hall–Kier alpha value is -2.96. The molecule has 208 valence electrons. The average Bonchev–Trinajstić information content (AvgIpc) is 3.26. The minimum absolute atomic E-state index is 0. The van der Waals surface area contributed by atoms with E-state index in [9.17, 15) is 24.3 Å². The maximum atomic E-state index is 12.5. The standard InChI is InChI=1S/C16H26N2O5.C7H8N4O.2ClH/c1-11-3-5-12(6-4-11)16(15(22)23)7-2-8-18(16)13(19)9-17-10-14(20)21;8-6(9)5-2-1-4(3-11-5)7(10)12;;/h11-12,17H,2-10H2,1H3,(H,20,21)(H,22,23);1-3H,(H3,8,9)(H2,10,12);2*1H/t11?,12?,16-;;;/m1.../s1. The normalized spacial score (nSPS) is 22.4. The number of aromatic nitrogens is 1. The van der Waals surface area contributed by atoms with Gasteiger partial charge in [0.25, 0.3) is 0 Å². The maximum absolute atomic E-state index is 12.5. The molecule has 1 aromatic rings. The number of amides is 2. The molecule has 14 heteroatoms. The van der Waals surface area contributed by atoms with Crippen molar-refractivity contribution in [2.45, 2.75) is 51.0 Å². The second kappa shape index (κ2) is 15.3. The molecule has 37 heavy (non-hydrogen) atoms. The van der Waals surface area contributed by atoms with Gasteiger partial charge in [0.15, 0.2) is 0 Å². The molecule has 12 nitrogen and oxygen atoms in total. The van der Waals surface area contributed by atoms with Crippen LogP contribution in [0.2, 0.25) is 0 Å². The van der Waals surface area contributed by atoms with Crippen LogP contribution in [0.4, 0.5) is 0 Å². The number of primary amides is 1. The third-order valence-electron chi connectivity index (χ3n) is 6.66. The highest BCUT2D eigenvalue weighted by atomic mass is 35.5. The fourth-order valence-electron chi connectivity index (χ4n) is 4.82. The fourth-order valence-corrected chi connectivity index (χ4v) is 4.82. The second-order valence-electron chi connectivity index (χ2n) is 9.04. The summed E-state index contributed by atoms with van der Waals surface area (Å²) in [5, 5.41) is 28.1. The predicted octanol–water partition coefficient (Wildman–Crippen LogP) is 1.24. The van der Waals surface area contributed by atoms with Crippen LogP contribution in [-0.2, 0) is 14.4 Å². The summed E-state index contributed by atoms with van der Waals surface area (Å²) in [6, 6.07) is 2.95. The number of hydrogen-bond acceptors (Lipinski definition) is 7. The van der Waals surface area contributed by atoms with Gasteiger partial charge in [-0.2, -0.15) is 0 Å². The van der Waals surface area contributed by atoms with E-state index in [1.807, 2.05) is 0 Å². The molecule has 0 spiro atoms. The number of nitrogen functional groups attached to an aromatic ring is 1. The first-order valence-corrected chi connectivity index (χ1v) is 11.6. The minimum atomic E-state index is -1.11. The van der Waals surface area contributed by atoms with Crippen LogP contribution in [0, 0.1) is 17.2 Å². The van der Waals surface area contributed by atoms with E-state index in [-0.39, 0.29) is 55.6 Å². The summed E-state index contributed by atoms with van der Waals surface area (Å²) in [4.78, 5) is 50.9. The van der Waals surface area contributed by atoms with Gasteiger partial charge < -0.3 is 26.6 Å². The van der Waals surface area contributed by atoms with Crippen LogP contribution in [0.3, 0.4) is 0 Å². The Morgan fingerprint density at radius 2 is 1.73 bits per heavy atom. The lowest BCUT2D eigenvalue weighted by atomic mass is 9.70. The van der Waals surface area contributed by atoms with Gasteiger partial charge in [-0.1, -0.05) is 19.8 Å². The Bertz CT molecular complexity index is 923. The molecule has 1 atom stereocenters. The van der Waals surface area contributed by atoms with Gasteiger partial charge >= 0.3 is 11.9 Å². The smallest absolute Gasteiger partial charge is 0.329 e. The maximum Gasteiger partial charge on any atom is 0.329 e. The highest BCUT2D eigenvalue weighted by Crippen LogP contribution is 2.44. The van der Waals surface area contributed by atoms with Crippen molar-refractivity contribution in [1.82, 2.24) is 15.2 Å². The molecule has 1 aliphatic heterocycles. The number of carboxylic acid groups (broad SMARTS) is 2. The first-order chi connectivity index (χ1) is 16.5. The highest BCUT2D eigenvalue weighted by molar-refractivity contribution is 5.95. The van der Waals surface area contributed by atoms with Crippen molar-refractivity contribution in [2.75, 3.05) is 19.6 Å². The molecule has 2 aliphatic rings. The van der Waals surface area contributed by atoms with E-state index in [1.54, 1.807) is 0 Å². The van der Waals surface area contributed by atoms with Crippen LogP contribution >= 0.6 is 24.8 Å². The van der Waals surface area contributed by atoms with Crippen LogP contribution in [0.15, 0.2) is 18.3 Å². The molecule has 2 amide bonds. The van der Waals surface area contributed by atoms with Crippen molar-refractivity contribution in [2.24, 2.45) is 23.3 Å². The number of nitrogens with zero attached hydrogens (tertiary/aromatic N) is 2. The third kappa shape index (κ3) is 8.83. The number of nitrogens with one attached hydrogen (secondary N) is 2. The van der Waals surface area contributed by atoms with Gasteiger partial charge in [0.05, 0.1) is 18.7 Å². The summed E-state index contributed by atoms with van der Waals surface area (Å²) in [5.41, 5.74) is 9.65. The predicted molar refractivity (Wildman–Crippen MR) is 141 cm³/mol. The van der Waals surface area contributed by atoms with E-state index < -0.39 is 23.4 Å². The Kier molecular flexibility index (Phi) is 14.1. The Morgan fingerprint density at radius 1 is 1.11 bits per heavy atom. The summed E-state index contributed by atoms with van der Waals surface area (Å²) in [6.45, 7) is 2.17. The molecule has 2 heterocycles. The van der Waals surface area contributed by atoms with E-state index >= 15 is 0 Å². The molecule has 1 aromatic heterocycles. The largest absolute Gasteiger partial charge is 0.480 e. The second-order valence-corrected chi connectivity index (χ2v) is 9.04. The average molecular weight is 563 g/mol. The summed E-state index contributed by atoms with van der Waals surface area (Å²) in [7, 11) is 0. The van der Waals surface area contributed by atoms with Crippen LogP contribution in [0.5, 0.6) is 0 Å². The number of nitrogens with two attached hydrogens (primary N) is 2. The van der Waals surface area contributed by atoms with Gasteiger partial charge in [0.1, 0.15) is 17.1 Å². The lowest BCUT2D eigenvalue weighted by molar-refractivity contribution is -0.161. The van der Waals surface area contributed by atoms with E-state index in [4.69, 9.17) is 22.0 Å². The topological polar surface area (TPSA) is 213 Å². The zero-order chi connectivity index (χ0) is 26.2. The molecular formula is C23H36Cl2N6O6. The highest BCUT2D eigenvalue weighted by Gasteiger charge is 2.55. The van der Waals surface area contributed by atoms with Crippen molar-refractivity contribution in [3.8, 4) is 0 Å². The number of aliphatic carboxylic acids is 2. The quantitative estimate of drug-likeness (QED) is 0.198. The van der Waals surface area contributed by atoms with Crippen molar-refractivity contribution >= 4 is 54.4 Å². The van der Waals surface area contributed by atoms with Gasteiger partial charge in [-0.05, 0) is 49.7 Å². The van der Waals surface area contributed by atoms with Gasteiger partial charge in [0.2, 0.25) is 11.8 Å². The summed E-state index contributed by atoms with van der Waals surface area (Å²) in [5.74, 6) is -2.35. The molecule has 0 aromatic carbocycles. The molecule has 1 saturated heterocycles. The molecular weight excluding hydrogens is 527 g/mol. The molecule has 2 fully saturated rings. The van der Waals surface area contributed by atoms with Gasteiger partial charge in [-0.15, -0.1) is 24.8 Å². The van der Waals surface area contributed by atoms with Crippen molar-refractivity contribution in [1.29, 1.82) is 5.41 Å². The van der Waals surface area contributed by atoms with Crippen LogP contribution in [-0.4, -0.2) is 74.9 Å². The van der Waals surface area contributed by atoms with Gasteiger partial charge in [-0.25, -0.2) is 4.79 Å². The molecule has 1 aliphatic carbocycles. The van der Waals surface area contributed by atoms with Crippen LogP contribution < -0.4 is 16.8 Å². The van der Waals surface area contributed by atoms with Gasteiger partial charge in [0, 0.05) is 12.7 Å². The molecule has 8 N–H and O–H groups in total. The van der Waals surface area contributed by atoms with Crippen molar-refractivity contribution < 1.29 is 29.4 Å². The van der Waals surface area contributed by atoms with E-state index in [1.165, 1.54) is 23.2 Å². The lowest BCUT2D eigenvalue weighted by Crippen LogP contribution is -2.59. The molecule has 3 rings (SSSR count). The number of carboxylic acids is 2. The SMILES string of the molecule is CC1CCC([C@@]2(C(=O)O)CCCN2C(=O)CNCC(=O)O)CC1.Cl.Cl.N=C(N)c1ccc(C(N)=O)cn1. The number of rotatable bonds is 8. The third-order valence-corrected chi connectivity index (χ3v) is 6.66. The number of carbonyl (C=O) groups excluding carboxylic acids is 2. The Labute approximate surface area is 227 Å². The number of likely N-dealkylation sites (tertiary alicyclic amines) is 1. The summed E-state index contributed by atoms with van der Waals surface area (Å²) < 4.78 is 0. The molecule has 0 unspecified atom stereocenters. The van der Waals surface area contributed by atoms with Crippen molar-refractivity contribution in [3.63, 3.8) is 0 Å². The van der Waals surface area contributed by atoms with Gasteiger partial charge in [-0.3, -0.25) is 30.1 Å². The first kappa shape index (κ1) is 34.0. The number of amidine groups is 1. The van der Waals surface area contributed by atoms with Crippen LogP contribution in [0.25, 0.3) is 0 Å². The first-order valence-electron chi connectivity index (χ1n) is 11.6. The lowest BCUT2D eigenvalue weighted by Gasteiger charge is -2.43. The van der Waals surface area contributed by atoms with E-state index in [0.29, 0.717) is 36.6 Å². The summed E-state index contributed by atoms with van der Waals surface area (Å²) >= 11 is 0. The Balaban J connectivity index is 0.000000790. The zero-order valence-corrected chi connectivity index (χ0v) is 22.3. The monoisotopic (exact) mass is 562 g/mol. The number of pyridine rings is 1. The Morgan fingerprint density at radius 3 is 2.19 bits per heavy atom. The number of carbonyl (C=O) groups is 4. The molecule has 0 radical (unpaired) electrons. The van der Waals surface area contributed by atoms with E-state index in [0.717, 1.165) is 25.7 Å². The van der Waals surface area contributed by atoms with Crippen LogP contribution in [0.1, 0.15) is 61.5 Å². The zero-order valence-electron chi connectivity index (χ0n) is 20.6. The van der Waals surface area contributed by atoms with E-state index in [2.05, 4.69) is 17.2 Å². The summed E-state index contributed by atoms with van der Waals surface area (Å²) in [6.07, 6.45) is 6.13.